The molecule has 0 amide bonds. The van der Waals surface area contributed by atoms with E-state index in [9.17, 15) is 0 Å². The Morgan fingerprint density at radius 2 is 1.18 bits per heavy atom. The molecule has 0 aliphatic heterocycles. The van der Waals surface area contributed by atoms with Gasteiger partial charge in [-0.3, -0.25) is 9.89 Å². The van der Waals surface area contributed by atoms with Crippen LogP contribution in [0.15, 0.2) is 89.9 Å². The predicted molar refractivity (Wildman–Crippen MR) is 121 cm³/mol. The summed E-state index contributed by atoms with van der Waals surface area (Å²) in [6.45, 7) is 5.18. The van der Waals surface area contributed by atoms with Crippen LogP contribution in [0.3, 0.4) is 0 Å². The van der Waals surface area contributed by atoms with Crippen molar-refractivity contribution in [2.24, 2.45) is 10.7 Å². The lowest BCUT2D eigenvalue weighted by molar-refractivity contribution is 0.247. The molecule has 0 aliphatic rings. The highest BCUT2D eigenvalue weighted by molar-refractivity contribution is 5.85. The maximum Gasteiger partial charge on any atom is 0.0909 e. The first-order chi connectivity index (χ1) is 13.2. The van der Waals surface area contributed by atoms with Gasteiger partial charge in [0.25, 0.3) is 0 Å². The lowest BCUT2D eigenvalue weighted by Gasteiger charge is -2.23. The third-order valence-electron chi connectivity index (χ3n) is 4.41. The van der Waals surface area contributed by atoms with Gasteiger partial charge < -0.3 is 5.73 Å². The van der Waals surface area contributed by atoms with Crippen molar-refractivity contribution in [2.45, 2.75) is 33.1 Å². The maximum absolute atomic E-state index is 5.67. The van der Waals surface area contributed by atoms with Gasteiger partial charge in [0.2, 0.25) is 0 Å². The van der Waals surface area contributed by atoms with Gasteiger partial charge in [0.1, 0.15) is 0 Å². The Morgan fingerprint density at radius 1 is 0.714 bits per heavy atom. The molecule has 0 aromatic heterocycles. The van der Waals surface area contributed by atoms with E-state index in [-0.39, 0.29) is 12.4 Å². The quantitative estimate of drug-likeness (QED) is 0.422. The lowest BCUT2D eigenvalue weighted by Crippen LogP contribution is -2.22. The zero-order chi connectivity index (χ0) is 18.9. The third kappa shape index (κ3) is 7.18. The first-order valence-electron chi connectivity index (χ1n) is 9.33. The molecule has 4 heteroatoms. The third-order valence-corrected chi connectivity index (χ3v) is 4.41. The molecule has 3 nitrogen and oxygen atoms in total. The second-order valence-electron chi connectivity index (χ2n) is 6.89. The standard InChI is InChI=1S/C24H27N3.ClH/c1-20(25)26-16-23-13-8-14-24(15-23)19-27(17-21-9-4-2-5-10-21)18-22-11-6-3-7-12-22;/h2-15H,16-19H2,1H3,(H2,25,26);1H. The van der Waals surface area contributed by atoms with E-state index in [1.54, 1.807) is 0 Å². The van der Waals surface area contributed by atoms with Crippen LogP contribution in [-0.4, -0.2) is 10.7 Å². The fourth-order valence-corrected chi connectivity index (χ4v) is 3.15. The van der Waals surface area contributed by atoms with Crippen LogP contribution in [0.2, 0.25) is 0 Å². The van der Waals surface area contributed by atoms with E-state index < -0.39 is 0 Å². The SMILES string of the molecule is CC(N)=NCc1cccc(CN(Cc2ccccc2)Cc2ccccc2)c1.Cl. The Hall–Kier alpha value is -2.62. The summed E-state index contributed by atoms with van der Waals surface area (Å²) in [6.07, 6.45) is 0. The summed E-state index contributed by atoms with van der Waals surface area (Å²) in [7, 11) is 0. The molecule has 2 N–H and O–H groups in total. The minimum Gasteiger partial charge on any atom is -0.388 e. The zero-order valence-electron chi connectivity index (χ0n) is 16.3. The van der Waals surface area contributed by atoms with Gasteiger partial charge in [-0.2, -0.15) is 0 Å². The van der Waals surface area contributed by atoms with Crippen LogP contribution >= 0.6 is 12.4 Å². The first-order valence-corrected chi connectivity index (χ1v) is 9.33. The fourth-order valence-electron chi connectivity index (χ4n) is 3.15. The van der Waals surface area contributed by atoms with E-state index in [2.05, 4.69) is 94.8 Å². The van der Waals surface area contributed by atoms with E-state index in [4.69, 9.17) is 5.73 Å². The van der Waals surface area contributed by atoms with E-state index in [0.29, 0.717) is 12.4 Å². The van der Waals surface area contributed by atoms with Crippen molar-refractivity contribution in [2.75, 3.05) is 0 Å². The zero-order valence-corrected chi connectivity index (χ0v) is 17.1. The van der Waals surface area contributed by atoms with Crippen molar-refractivity contribution in [1.82, 2.24) is 4.90 Å². The molecule has 3 aromatic carbocycles. The molecule has 0 fully saturated rings. The van der Waals surface area contributed by atoms with Crippen molar-refractivity contribution in [3.8, 4) is 0 Å². The fraction of sp³-hybridized carbons (Fsp3) is 0.208. The molecule has 0 unspecified atom stereocenters. The lowest BCUT2D eigenvalue weighted by atomic mass is 10.1. The number of halogens is 1. The highest BCUT2D eigenvalue weighted by atomic mass is 35.5. The predicted octanol–water partition coefficient (Wildman–Crippen LogP) is 5.19. The van der Waals surface area contributed by atoms with Gasteiger partial charge in [0.05, 0.1) is 12.4 Å². The molecule has 0 bridgehead atoms. The smallest absolute Gasteiger partial charge is 0.0909 e. The summed E-state index contributed by atoms with van der Waals surface area (Å²) in [5, 5.41) is 0. The Kier molecular flexibility index (Phi) is 8.73. The monoisotopic (exact) mass is 393 g/mol. The van der Waals surface area contributed by atoms with Crippen LogP contribution in [0.25, 0.3) is 0 Å². The second-order valence-corrected chi connectivity index (χ2v) is 6.89. The van der Waals surface area contributed by atoms with Gasteiger partial charge in [-0.05, 0) is 29.2 Å². The summed E-state index contributed by atoms with van der Waals surface area (Å²) in [5.41, 5.74) is 10.8. The van der Waals surface area contributed by atoms with Gasteiger partial charge in [-0.25, -0.2) is 0 Å². The average molecular weight is 394 g/mol. The number of hydrogen-bond acceptors (Lipinski definition) is 2. The van der Waals surface area contributed by atoms with Crippen molar-refractivity contribution in [1.29, 1.82) is 0 Å². The molecule has 3 rings (SSSR count). The Balaban J connectivity index is 0.00000280. The molecule has 0 atom stereocenters. The van der Waals surface area contributed by atoms with E-state index in [1.165, 1.54) is 22.3 Å². The summed E-state index contributed by atoms with van der Waals surface area (Å²) in [5.74, 6) is 0.621. The second kappa shape index (κ2) is 11.3. The topological polar surface area (TPSA) is 41.6 Å². The number of nitrogens with two attached hydrogens (primary N) is 1. The number of hydrogen-bond donors (Lipinski definition) is 1. The Morgan fingerprint density at radius 3 is 1.71 bits per heavy atom. The van der Waals surface area contributed by atoms with Crippen LogP contribution in [0.4, 0.5) is 0 Å². The van der Waals surface area contributed by atoms with Crippen LogP contribution in [-0.2, 0) is 26.2 Å². The molecule has 0 radical (unpaired) electrons. The number of benzene rings is 3. The molecule has 0 aliphatic carbocycles. The van der Waals surface area contributed by atoms with Gasteiger partial charge in [0, 0.05) is 19.6 Å². The molecular weight excluding hydrogens is 366 g/mol. The summed E-state index contributed by atoms with van der Waals surface area (Å²) >= 11 is 0. The van der Waals surface area contributed by atoms with E-state index in [1.807, 2.05) is 6.92 Å². The average Bonchev–Trinajstić information content (AvgIpc) is 2.68. The molecule has 3 aromatic rings. The molecule has 0 saturated carbocycles. The van der Waals surface area contributed by atoms with Gasteiger partial charge in [-0.15, -0.1) is 12.4 Å². The van der Waals surface area contributed by atoms with Crippen LogP contribution in [0.1, 0.15) is 29.2 Å². The highest BCUT2D eigenvalue weighted by Crippen LogP contribution is 2.15. The summed E-state index contributed by atoms with van der Waals surface area (Å²) < 4.78 is 0. The van der Waals surface area contributed by atoms with Gasteiger partial charge >= 0.3 is 0 Å². The Bertz CT molecular complexity index is 818. The van der Waals surface area contributed by atoms with Gasteiger partial charge in [-0.1, -0.05) is 84.9 Å². The molecule has 0 spiro atoms. The number of aliphatic imine (C=N–C) groups is 1. The molecule has 0 saturated heterocycles. The first kappa shape index (κ1) is 21.7. The molecule has 146 valence electrons. The van der Waals surface area contributed by atoms with Crippen molar-refractivity contribution >= 4 is 18.2 Å². The normalized spacial score (nSPS) is 11.3. The molecular formula is C24H28ClN3. The summed E-state index contributed by atoms with van der Waals surface area (Å²) in [4.78, 5) is 6.80. The number of amidine groups is 1. The largest absolute Gasteiger partial charge is 0.388 e. The highest BCUT2D eigenvalue weighted by Gasteiger charge is 2.09. The van der Waals surface area contributed by atoms with E-state index in [0.717, 1.165) is 19.6 Å². The van der Waals surface area contributed by atoms with Crippen LogP contribution in [0, 0.1) is 0 Å². The van der Waals surface area contributed by atoms with Crippen molar-refractivity contribution in [3.05, 3.63) is 107 Å². The minimum atomic E-state index is 0. The Labute approximate surface area is 174 Å². The van der Waals surface area contributed by atoms with Crippen molar-refractivity contribution < 1.29 is 0 Å². The van der Waals surface area contributed by atoms with Crippen LogP contribution in [0.5, 0.6) is 0 Å². The molecule has 0 heterocycles. The van der Waals surface area contributed by atoms with Crippen molar-refractivity contribution in [3.63, 3.8) is 0 Å². The number of rotatable bonds is 8. The number of nitrogens with zero attached hydrogens (tertiary/aromatic N) is 2. The maximum atomic E-state index is 5.67. The van der Waals surface area contributed by atoms with E-state index >= 15 is 0 Å². The molecule has 28 heavy (non-hydrogen) atoms. The minimum absolute atomic E-state index is 0. The van der Waals surface area contributed by atoms with Gasteiger partial charge in [0.15, 0.2) is 0 Å². The van der Waals surface area contributed by atoms with Crippen LogP contribution < -0.4 is 5.73 Å². The summed E-state index contributed by atoms with van der Waals surface area (Å²) in [6, 6.07) is 29.9.